The number of carbonyl (C=O) groups excluding carboxylic acids is 1. The van der Waals surface area contributed by atoms with Crippen molar-refractivity contribution in [3.05, 3.63) is 48.0 Å². The van der Waals surface area contributed by atoms with Crippen molar-refractivity contribution in [2.75, 3.05) is 13.1 Å². The summed E-state index contributed by atoms with van der Waals surface area (Å²) in [6, 6.07) is 5.71. The molecule has 1 amide bonds. The summed E-state index contributed by atoms with van der Waals surface area (Å²) in [5.41, 5.74) is 1.95. The summed E-state index contributed by atoms with van der Waals surface area (Å²) in [5, 5.41) is 6.67. The molecule has 0 aromatic carbocycles. The Morgan fingerprint density at radius 2 is 2.19 bits per heavy atom. The Balaban J connectivity index is 1.45. The molecule has 1 atom stereocenters. The molecule has 3 rings (SSSR count). The van der Waals surface area contributed by atoms with Gasteiger partial charge in [0.25, 0.3) is 0 Å². The van der Waals surface area contributed by atoms with E-state index in [0.717, 1.165) is 24.2 Å². The highest BCUT2D eigenvalue weighted by Crippen LogP contribution is 2.15. The Bertz CT molecular complexity index is 571. The van der Waals surface area contributed by atoms with Crippen molar-refractivity contribution in [3.8, 4) is 0 Å². The molecule has 21 heavy (non-hydrogen) atoms. The molecule has 6 heteroatoms. The molecule has 6 nitrogen and oxygen atoms in total. The van der Waals surface area contributed by atoms with Crippen LogP contribution in [0.5, 0.6) is 0 Å². The third-order valence-corrected chi connectivity index (χ3v) is 3.63. The van der Waals surface area contributed by atoms with Crippen molar-refractivity contribution in [1.29, 1.82) is 0 Å². The van der Waals surface area contributed by atoms with Gasteiger partial charge in [-0.1, -0.05) is 0 Å². The number of likely N-dealkylation sites (tertiary alicyclic amines) is 1. The quantitative estimate of drug-likeness (QED) is 0.895. The van der Waals surface area contributed by atoms with Crippen LogP contribution in [0.2, 0.25) is 0 Å². The summed E-state index contributed by atoms with van der Waals surface area (Å²) in [4.78, 5) is 18.0. The van der Waals surface area contributed by atoms with Gasteiger partial charge in [0.2, 0.25) is 5.91 Å². The average molecular weight is 286 g/mol. The maximum atomic E-state index is 12.1. The largest absolute Gasteiger partial charge is 0.372 e. The third-order valence-electron chi connectivity index (χ3n) is 3.63. The second kappa shape index (κ2) is 6.49. The van der Waals surface area contributed by atoms with Crippen LogP contribution in [-0.4, -0.2) is 45.2 Å². The smallest absolute Gasteiger partial charge is 0.228 e. The number of aromatic nitrogens is 3. The molecule has 1 fully saturated rings. The fourth-order valence-electron chi connectivity index (χ4n) is 2.44. The number of hydrogen-bond acceptors (Lipinski definition) is 4. The molecule has 0 bridgehead atoms. The van der Waals surface area contributed by atoms with E-state index >= 15 is 0 Å². The number of hydrogen-bond donors (Lipinski definition) is 1. The van der Waals surface area contributed by atoms with E-state index in [4.69, 9.17) is 4.74 Å². The lowest BCUT2D eigenvalue weighted by Gasteiger charge is -2.16. The van der Waals surface area contributed by atoms with Gasteiger partial charge >= 0.3 is 0 Å². The van der Waals surface area contributed by atoms with Crippen molar-refractivity contribution in [3.63, 3.8) is 0 Å². The highest BCUT2D eigenvalue weighted by Gasteiger charge is 2.26. The normalized spacial score (nSPS) is 18.1. The lowest BCUT2D eigenvalue weighted by atomic mass is 10.3. The molecule has 0 saturated carbocycles. The molecule has 0 aliphatic carbocycles. The summed E-state index contributed by atoms with van der Waals surface area (Å²) < 4.78 is 5.86. The first kappa shape index (κ1) is 13.8. The molecule has 1 unspecified atom stereocenters. The SMILES string of the molecule is O=C(Cc1ccn[nH]1)N1CCC(OCc2ccncc2)C1. The van der Waals surface area contributed by atoms with Gasteiger partial charge < -0.3 is 9.64 Å². The molecule has 1 N–H and O–H groups in total. The minimum Gasteiger partial charge on any atom is -0.372 e. The average Bonchev–Trinajstić information content (AvgIpc) is 3.17. The van der Waals surface area contributed by atoms with Crippen molar-refractivity contribution < 1.29 is 9.53 Å². The van der Waals surface area contributed by atoms with E-state index in [1.165, 1.54) is 0 Å². The van der Waals surface area contributed by atoms with Crippen LogP contribution >= 0.6 is 0 Å². The first-order valence-corrected chi connectivity index (χ1v) is 7.08. The van der Waals surface area contributed by atoms with Gasteiger partial charge in [-0.25, -0.2) is 0 Å². The number of carbonyl (C=O) groups is 1. The van der Waals surface area contributed by atoms with E-state index in [2.05, 4.69) is 15.2 Å². The molecule has 1 aliphatic heterocycles. The van der Waals surface area contributed by atoms with Crippen LogP contribution < -0.4 is 0 Å². The number of amides is 1. The van der Waals surface area contributed by atoms with Crippen LogP contribution in [0.3, 0.4) is 0 Å². The molecule has 3 heterocycles. The summed E-state index contributed by atoms with van der Waals surface area (Å²) >= 11 is 0. The van der Waals surface area contributed by atoms with Crippen molar-refractivity contribution in [1.82, 2.24) is 20.1 Å². The standard InChI is InChI=1S/C15H18N4O2/c20-15(9-13-3-7-17-18-13)19-8-4-14(10-19)21-11-12-1-5-16-6-2-12/h1-3,5-7,14H,4,8-11H2,(H,17,18). The van der Waals surface area contributed by atoms with Crippen LogP contribution in [-0.2, 0) is 22.6 Å². The van der Waals surface area contributed by atoms with Crippen LogP contribution in [0.4, 0.5) is 0 Å². The molecule has 2 aromatic rings. The molecule has 110 valence electrons. The summed E-state index contributed by atoms with van der Waals surface area (Å²) in [6.45, 7) is 1.99. The van der Waals surface area contributed by atoms with Gasteiger partial charge in [0.15, 0.2) is 0 Å². The number of pyridine rings is 1. The molecule has 2 aromatic heterocycles. The van der Waals surface area contributed by atoms with E-state index in [9.17, 15) is 4.79 Å². The van der Waals surface area contributed by atoms with Crippen LogP contribution in [0.15, 0.2) is 36.8 Å². The summed E-state index contributed by atoms with van der Waals surface area (Å²) in [5.74, 6) is 0.120. The Hall–Kier alpha value is -2.21. The molecule has 0 radical (unpaired) electrons. The van der Waals surface area contributed by atoms with Gasteiger partial charge in [-0.2, -0.15) is 5.10 Å². The lowest BCUT2D eigenvalue weighted by molar-refractivity contribution is -0.130. The maximum Gasteiger partial charge on any atom is 0.228 e. The predicted molar refractivity (Wildman–Crippen MR) is 76.3 cm³/mol. The molecular formula is C15H18N4O2. The third kappa shape index (κ3) is 3.66. The highest BCUT2D eigenvalue weighted by molar-refractivity contribution is 5.78. The predicted octanol–water partition coefficient (Wildman–Crippen LogP) is 1.16. The monoisotopic (exact) mass is 286 g/mol. The molecular weight excluding hydrogens is 268 g/mol. The highest BCUT2D eigenvalue weighted by atomic mass is 16.5. The second-order valence-corrected chi connectivity index (χ2v) is 5.18. The van der Waals surface area contributed by atoms with Crippen LogP contribution in [0, 0.1) is 0 Å². The fraction of sp³-hybridized carbons (Fsp3) is 0.400. The Morgan fingerprint density at radius 1 is 1.33 bits per heavy atom. The van der Waals surface area contributed by atoms with Gasteiger partial charge in [0.1, 0.15) is 0 Å². The van der Waals surface area contributed by atoms with E-state index in [0.29, 0.717) is 19.6 Å². The van der Waals surface area contributed by atoms with Gasteiger partial charge in [-0.15, -0.1) is 0 Å². The Morgan fingerprint density at radius 3 is 2.95 bits per heavy atom. The zero-order valence-electron chi connectivity index (χ0n) is 11.7. The van der Waals surface area contributed by atoms with Crippen molar-refractivity contribution in [2.24, 2.45) is 0 Å². The molecule has 1 aliphatic rings. The molecule has 1 saturated heterocycles. The second-order valence-electron chi connectivity index (χ2n) is 5.18. The first-order valence-electron chi connectivity index (χ1n) is 7.08. The number of nitrogens with one attached hydrogen (secondary N) is 1. The number of rotatable bonds is 5. The van der Waals surface area contributed by atoms with E-state index < -0.39 is 0 Å². The topological polar surface area (TPSA) is 71.1 Å². The zero-order valence-corrected chi connectivity index (χ0v) is 11.7. The van der Waals surface area contributed by atoms with E-state index in [1.54, 1.807) is 18.6 Å². The Labute approximate surface area is 123 Å². The number of aromatic amines is 1. The van der Waals surface area contributed by atoms with E-state index in [1.807, 2.05) is 23.1 Å². The first-order chi connectivity index (χ1) is 10.3. The van der Waals surface area contributed by atoms with Crippen LogP contribution in [0.25, 0.3) is 0 Å². The minimum absolute atomic E-state index is 0.115. The minimum atomic E-state index is 0.115. The molecule has 0 spiro atoms. The van der Waals surface area contributed by atoms with Gasteiger partial charge in [0.05, 0.1) is 19.1 Å². The van der Waals surface area contributed by atoms with E-state index in [-0.39, 0.29) is 12.0 Å². The maximum absolute atomic E-state index is 12.1. The summed E-state index contributed by atoms with van der Waals surface area (Å²) in [7, 11) is 0. The summed E-state index contributed by atoms with van der Waals surface area (Å²) in [6.07, 6.45) is 6.55. The Kier molecular flexibility index (Phi) is 4.25. The number of H-pyrrole nitrogens is 1. The fourth-order valence-corrected chi connectivity index (χ4v) is 2.44. The van der Waals surface area contributed by atoms with Gasteiger partial charge in [-0.05, 0) is 30.2 Å². The van der Waals surface area contributed by atoms with Crippen molar-refractivity contribution in [2.45, 2.75) is 25.6 Å². The number of nitrogens with zero attached hydrogens (tertiary/aromatic N) is 3. The lowest BCUT2D eigenvalue weighted by Crippen LogP contribution is -2.31. The number of ether oxygens (including phenoxy) is 1. The van der Waals surface area contributed by atoms with Gasteiger partial charge in [0, 0.05) is 37.4 Å². The van der Waals surface area contributed by atoms with Crippen molar-refractivity contribution >= 4 is 5.91 Å². The van der Waals surface area contributed by atoms with Crippen LogP contribution in [0.1, 0.15) is 17.7 Å². The van der Waals surface area contributed by atoms with Gasteiger partial charge in [-0.3, -0.25) is 14.9 Å². The zero-order chi connectivity index (χ0) is 14.5.